The number of fused-ring (bicyclic) bond motifs is 3. The Bertz CT molecular complexity index is 1880. The molecule has 0 spiro atoms. The molecule has 6 aromatic carbocycles. The molecular weight excluding hydrogens is 542 g/mol. The Kier molecular flexibility index (Phi) is 8.00. The predicted molar refractivity (Wildman–Crippen MR) is 194 cm³/mol. The van der Waals surface area contributed by atoms with Crippen LogP contribution in [-0.4, -0.2) is 4.57 Å². The monoisotopic (exact) mass is 579 g/mol. The topological polar surface area (TPSA) is 4.93 Å². The van der Waals surface area contributed by atoms with Gasteiger partial charge in [0.25, 0.3) is 0 Å². The van der Waals surface area contributed by atoms with Crippen molar-refractivity contribution in [2.45, 2.75) is 26.3 Å². The van der Waals surface area contributed by atoms with Gasteiger partial charge in [0.15, 0.2) is 0 Å². The van der Waals surface area contributed by atoms with Gasteiger partial charge in [0.05, 0.1) is 0 Å². The zero-order chi connectivity index (χ0) is 30.6. The number of hydrogen-bond donors (Lipinski definition) is 0. The SMILES string of the molecule is CCC(C)n1c2ccc(C=C(c3ccccc3)c3ccccc3)cc2c2cc(C=C(c3ccccc3)c3ccccc3)ccc21. The standard InChI is InChI=1S/C44H37N/c1-3-32(2)45-43-26-24-33(28-39(35-16-8-4-9-17-35)36-18-10-5-11-19-36)30-41(43)42-31-34(25-27-44(42)45)29-40(37-20-12-6-13-21-37)38-22-14-7-15-23-38/h4-32H,3H2,1-2H3. The molecule has 1 atom stereocenters. The molecule has 1 aromatic heterocycles. The number of aromatic nitrogens is 1. The first-order valence-electron chi connectivity index (χ1n) is 15.9. The van der Waals surface area contributed by atoms with Crippen molar-refractivity contribution in [3.63, 3.8) is 0 Å². The molecular formula is C44H37N. The third-order valence-corrected chi connectivity index (χ3v) is 8.84. The molecule has 0 aliphatic heterocycles. The van der Waals surface area contributed by atoms with Crippen LogP contribution in [0, 0.1) is 0 Å². The first-order chi connectivity index (χ1) is 22.2. The van der Waals surface area contributed by atoms with E-state index in [-0.39, 0.29) is 0 Å². The van der Waals surface area contributed by atoms with E-state index in [9.17, 15) is 0 Å². The summed E-state index contributed by atoms with van der Waals surface area (Å²) in [7, 11) is 0. The lowest BCUT2D eigenvalue weighted by Gasteiger charge is -2.15. The summed E-state index contributed by atoms with van der Waals surface area (Å²) in [5.74, 6) is 0. The van der Waals surface area contributed by atoms with Gasteiger partial charge >= 0.3 is 0 Å². The van der Waals surface area contributed by atoms with Gasteiger partial charge in [0.1, 0.15) is 0 Å². The lowest BCUT2D eigenvalue weighted by Crippen LogP contribution is -2.03. The Labute approximate surface area is 266 Å². The molecule has 1 heterocycles. The van der Waals surface area contributed by atoms with E-state index < -0.39 is 0 Å². The maximum absolute atomic E-state index is 2.52. The van der Waals surface area contributed by atoms with E-state index in [1.165, 1.54) is 66.3 Å². The number of rotatable bonds is 8. The second kappa shape index (κ2) is 12.7. The fourth-order valence-corrected chi connectivity index (χ4v) is 6.40. The third-order valence-electron chi connectivity index (χ3n) is 8.84. The molecule has 1 unspecified atom stereocenters. The maximum atomic E-state index is 2.52. The highest BCUT2D eigenvalue weighted by atomic mass is 15.0. The van der Waals surface area contributed by atoms with Gasteiger partial charge in [-0.05, 0) is 94.3 Å². The molecule has 1 heteroatoms. The van der Waals surface area contributed by atoms with Crippen LogP contribution < -0.4 is 0 Å². The molecule has 45 heavy (non-hydrogen) atoms. The molecule has 0 saturated heterocycles. The number of hydrogen-bond acceptors (Lipinski definition) is 0. The molecule has 1 nitrogen and oxygen atoms in total. The van der Waals surface area contributed by atoms with Crippen LogP contribution in [0.1, 0.15) is 59.7 Å². The van der Waals surface area contributed by atoms with Crippen molar-refractivity contribution >= 4 is 45.1 Å². The molecule has 0 fully saturated rings. The lowest BCUT2D eigenvalue weighted by molar-refractivity contribution is 0.563. The first kappa shape index (κ1) is 28.4. The summed E-state index contributed by atoms with van der Waals surface area (Å²) in [6, 6.07) is 57.1. The average Bonchev–Trinajstić information content (AvgIpc) is 3.43. The zero-order valence-electron chi connectivity index (χ0n) is 25.9. The van der Waals surface area contributed by atoms with Gasteiger partial charge in [-0.2, -0.15) is 0 Å². The Morgan fingerprint density at radius 1 is 0.489 bits per heavy atom. The van der Waals surface area contributed by atoms with Crippen molar-refractivity contribution in [1.82, 2.24) is 4.57 Å². The van der Waals surface area contributed by atoms with Crippen molar-refractivity contribution < 1.29 is 0 Å². The van der Waals surface area contributed by atoms with Gasteiger partial charge in [0.2, 0.25) is 0 Å². The number of benzene rings is 6. The fourth-order valence-electron chi connectivity index (χ4n) is 6.40. The average molecular weight is 580 g/mol. The van der Waals surface area contributed by atoms with E-state index in [0.717, 1.165) is 6.42 Å². The summed E-state index contributed by atoms with van der Waals surface area (Å²) >= 11 is 0. The summed E-state index contributed by atoms with van der Waals surface area (Å²) < 4.78 is 2.52. The molecule has 0 N–H and O–H groups in total. The molecule has 0 saturated carbocycles. The van der Waals surface area contributed by atoms with Crippen molar-refractivity contribution in [2.75, 3.05) is 0 Å². The second-order valence-corrected chi connectivity index (χ2v) is 11.8. The molecule has 0 radical (unpaired) electrons. The highest BCUT2D eigenvalue weighted by Gasteiger charge is 2.16. The van der Waals surface area contributed by atoms with Gasteiger partial charge in [-0.25, -0.2) is 0 Å². The number of nitrogens with zero attached hydrogens (tertiary/aromatic N) is 1. The van der Waals surface area contributed by atoms with Crippen molar-refractivity contribution in [3.8, 4) is 0 Å². The normalized spacial score (nSPS) is 11.8. The van der Waals surface area contributed by atoms with E-state index in [1.54, 1.807) is 0 Å². The minimum atomic E-state index is 0.390. The molecule has 0 bridgehead atoms. The van der Waals surface area contributed by atoms with Crippen LogP contribution in [0.3, 0.4) is 0 Å². The molecule has 0 aliphatic rings. The minimum Gasteiger partial charge on any atom is -0.338 e. The van der Waals surface area contributed by atoms with Gasteiger partial charge in [-0.1, -0.05) is 140 Å². The fraction of sp³-hybridized carbons (Fsp3) is 0.0909. The molecule has 0 aliphatic carbocycles. The Morgan fingerprint density at radius 2 is 0.822 bits per heavy atom. The highest BCUT2D eigenvalue weighted by molar-refractivity contribution is 6.10. The smallest absolute Gasteiger partial charge is 0.0494 e. The Morgan fingerprint density at radius 3 is 1.13 bits per heavy atom. The predicted octanol–water partition coefficient (Wildman–Crippen LogP) is 11.9. The zero-order valence-corrected chi connectivity index (χ0v) is 25.9. The summed E-state index contributed by atoms with van der Waals surface area (Å²) in [5, 5.41) is 2.58. The second-order valence-electron chi connectivity index (χ2n) is 11.8. The summed E-state index contributed by atoms with van der Waals surface area (Å²) in [4.78, 5) is 0. The quantitative estimate of drug-likeness (QED) is 0.158. The molecule has 7 rings (SSSR count). The van der Waals surface area contributed by atoms with E-state index >= 15 is 0 Å². The van der Waals surface area contributed by atoms with E-state index in [0.29, 0.717) is 6.04 Å². The molecule has 0 amide bonds. The van der Waals surface area contributed by atoms with Crippen LogP contribution in [0.25, 0.3) is 45.1 Å². The van der Waals surface area contributed by atoms with Crippen LogP contribution in [-0.2, 0) is 0 Å². The van der Waals surface area contributed by atoms with Crippen LogP contribution >= 0.6 is 0 Å². The van der Waals surface area contributed by atoms with E-state index in [1.807, 2.05) is 0 Å². The van der Waals surface area contributed by atoms with E-state index in [2.05, 4.69) is 188 Å². The summed E-state index contributed by atoms with van der Waals surface area (Å²) in [6.45, 7) is 4.60. The molecule has 7 aromatic rings. The van der Waals surface area contributed by atoms with Crippen LogP contribution in [0.2, 0.25) is 0 Å². The highest BCUT2D eigenvalue weighted by Crippen LogP contribution is 2.36. The largest absolute Gasteiger partial charge is 0.338 e. The first-order valence-corrected chi connectivity index (χ1v) is 15.9. The van der Waals surface area contributed by atoms with Crippen molar-refractivity contribution in [3.05, 3.63) is 191 Å². The van der Waals surface area contributed by atoms with Crippen molar-refractivity contribution in [2.24, 2.45) is 0 Å². The Hall–Kier alpha value is -5.40. The lowest BCUT2D eigenvalue weighted by atomic mass is 9.94. The molecule has 218 valence electrons. The van der Waals surface area contributed by atoms with Crippen LogP contribution in [0.4, 0.5) is 0 Å². The maximum Gasteiger partial charge on any atom is 0.0494 e. The van der Waals surface area contributed by atoms with Gasteiger partial charge in [0, 0.05) is 27.8 Å². The van der Waals surface area contributed by atoms with E-state index in [4.69, 9.17) is 0 Å². The van der Waals surface area contributed by atoms with Gasteiger partial charge in [-0.15, -0.1) is 0 Å². The van der Waals surface area contributed by atoms with Crippen LogP contribution in [0.15, 0.2) is 158 Å². The Balaban J connectivity index is 1.43. The van der Waals surface area contributed by atoms with Crippen molar-refractivity contribution in [1.29, 1.82) is 0 Å². The van der Waals surface area contributed by atoms with Gasteiger partial charge < -0.3 is 4.57 Å². The summed E-state index contributed by atoms with van der Waals surface area (Å²) in [6.07, 6.45) is 5.74. The van der Waals surface area contributed by atoms with Gasteiger partial charge in [-0.3, -0.25) is 0 Å². The third kappa shape index (κ3) is 5.78. The summed E-state index contributed by atoms with van der Waals surface area (Å²) in [5.41, 5.74) is 12.3. The minimum absolute atomic E-state index is 0.390. The van der Waals surface area contributed by atoms with Crippen LogP contribution in [0.5, 0.6) is 0 Å².